The molecule has 0 atom stereocenters. The Morgan fingerprint density at radius 2 is 1.61 bits per heavy atom. The lowest BCUT2D eigenvalue weighted by Crippen LogP contribution is -2.32. The Morgan fingerprint density at radius 3 is 2.21 bits per heavy atom. The van der Waals surface area contributed by atoms with Crippen LogP contribution in [0.5, 0.6) is 17.2 Å². The molecule has 0 radical (unpaired) electrons. The fraction of sp³-hybridized carbons (Fsp3) is 0.333. The van der Waals surface area contributed by atoms with Crippen molar-refractivity contribution >= 4 is 11.8 Å². The molecule has 2 aromatic carbocycles. The van der Waals surface area contributed by atoms with E-state index in [4.69, 9.17) is 14.2 Å². The van der Waals surface area contributed by atoms with Gasteiger partial charge in [-0.05, 0) is 24.3 Å². The van der Waals surface area contributed by atoms with Crippen molar-refractivity contribution in [3.05, 3.63) is 53.6 Å². The number of rotatable bonds is 9. The van der Waals surface area contributed by atoms with Gasteiger partial charge < -0.3 is 24.4 Å². The Kier molecular flexibility index (Phi) is 7.68. The minimum absolute atomic E-state index is 0.0924. The Morgan fingerprint density at radius 1 is 0.929 bits per heavy atom. The summed E-state index contributed by atoms with van der Waals surface area (Å²) >= 11 is 0. The number of benzene rings is 2. The van der Waals surface area contributed by atoms with Crippen LogP contribution in [0.3, 0.4) is 0 Å². The topological polar surface area (TPSA) is 77.1 Å². The summed E-state index contributed by atoms with van der Waals surface area (Å²) in [5, 5.41) is 2.76. The van der Waals surface area contributed by atoms with E-state index in [9.17, 15) is 9.59 Å². The lowest BCUT2D eigenvalue weighted by Gasteiger charge is -2.21. The molecule has 0 spiro atoms. The Labute approximate surface area is 165 Å². The molecule has 7 nitrogen and oxygen atoms in total. The molecule has 2 aromatic rings. The van der Waals surface area contributed by atoms with Crippen LogP contribution in [0.15, 0.2) is 42.5 Å². The summed E-state index contributed by atoms with van der Waals surface area (Å²) in [6, 6.07) is 12.5. The van der Waals surface area contributed by atoms with Gasteiger partial charge in [-0.1, -0.05) is 18.2 Å². The molecule has 1 N–H and O–H groups in total. The summed E-state index contributed by atoms with van der Waals surface area (Å²) < 4.78 is 16.1. The monoisotopic (exact) mass is 386 g/mol. The van der Waals surface area contributed by atoms with Crippen LogP contribution in [0.4, 0.5) is 0 Å². The third-order valence-electron chi connectivity index (χ3n) is 4.28. The molecule has 0 saturated carbocycles. The number of carbonyl (C=O) groups excluding carboxylic acids is 2. The minimum Gasteiger partial charge on any atom is -0.493 e. The normalized spacial score (nSPS) is 10.1. The molecular weight excluding hydrogens is 360 g/mol. The molecule has 0 heterocycles. The van der Waals surface area contributed by atoms with Gasteiger partial charge in [0.05, 0.1) is 21.3 Å². The average Bonchev–Trinajstić information content (AvgIpc) is 2.73. The summed E-state index contributed by atoms with van der Waals surface area (Å²) in [6.07, 6.45) is 0.199. The highest BCUT2D eigenvalue weighted by Gasteiger charge is 2.18. The van der Waals surface area contributed by atoms with Crippen molar-refractivity contribution in [2.24, 2.45) is 0 Å². The van der Waals surface area contributed by atoms with E-state index in [1.165, 1.54) is 7.11 Å². The number of hydrogen-bond acceptors (Lipinski definition) is 5. The summed E-state index contributed by atoms with van der Waals surface area (Å²) in [7, 11) is 6.34. The average molecular weight is 386 g/mol. The van der Waals surface area contributed by atoms with Gasteiger partial charge in [-0.2, -0.15) is 0 Å². The summed E-state index contributed by atoms with van der Waals surface area (Å²) in [6.45, 7) is 0.606. The number of nitrogens with one attached hydrogen (secondary N) is 1. The highest BCUT2D eigenvalue weighted by Crippen LogP contribution is 2.40. The van der Waals surface area contributed by atoms with Crippen molar-refractivity contribution in [3.63, 3.8) is 0 Å². The second-order valence-electron chi connectivity index (χ2n) is 6.12. The SMILES string of the molecule is COc1ccc(CN(C)C(=O)CCNC(=O)c2ccccc2)c(OC)c1OC. The Hall–Kier alpha value is -3.22. The van der Waals surface area contributed by atoms with E-state index >= 15 is 0 Å². The first kappa shape index (κ1) is 21.1. The standard InChI is InChI=1S/C21H26N2O5/c1-23(14-16-10-11-17(26-2)20(28-4)19(16)27-3)18(24)12-13-22-21(25)15-8-6-5-7-9-15/h5-11H,12-14H2,1-4H3,(H,22,25). The number of methoxy groups -OCH3 is 3. The molecule has 150 valence electrons. The largest absolute Gasteiger partial charge is 0.493 e. The highest BCUT2D eigenvalue weighted by atomic mass is 16.5. The molecule has 0 aliphatic rings. The summed E-state index contributed by atoms with van der Waals surface area (Å²) in [5.74, 6) is 1.28. The van der Waals surface area contributed by atoms with E-state index in [0.717, 1.165) is 5.56 Å². The quantitative estimate of drug-likeness (QED) is 0.717. The molecule has 0 aromatic heterocycles. The number of ether oxygens (including phenoxy) is 3. The smallest absolute Gasteiger partial charge is 0.251 e. The maximum absolute atomic E-state index is 12.4. The number of hydrogen-bond donors (Lipinski definition) is 1. The molecule has 28 heavy (non-hydrogen) atoms. The zero-order valence-corrected chi connectivity index (χ0v) is 16.7. The van der Waals surface area contributed by atoms with Crippen LogP contribution in [0.25, 0.3) is 0 Å². The first-order valence-corrected chi connectivity index (χ1v) is 8.86. The molecule has 7 heteroatoms. The van der Waals surface area contributed by atoms with Gasteiger partial charge in [-0.15, -0.1) is 0 Å². The van der Waals surface area contributed by atoms with E-state index < -0.39 is 0 Å². The van der Waals surface area contributed by atoms with E-state index in [0.29, 0.717) is 29.4 Å². The van der Waals surface area contributed by atoms with Crippen LogP contribution >= 0.6 is 0 Å². The third-order valence-corrected chi connectivity index (χ3v) is 4.28. The first-order chi connectivity index (χ1) is 13.5. The number of amides is 2. The van der Waals surface area contributed by atoms with Gasteiger partial charge in [0, 0.05) is 37.7 Å². The van der Waals surface area contributed by atoms with Crippen LogP contribution in [0, 0.1) is 0 Å². The first-order valence-electron chi connectivity index (χ1n) is 8.86. The highest BCUT2D eigenvalue weighted by molar-refractivity contribution is 5.94. The van der Waals surface area contributed by atoms with Crippen molar-refractivity contribution in [1.29, 1.82) is 0 Å². The van der Waals surface area contributed by atoms with Crippen molar-refractivity contribution in [2.75, 3.05) is 34.9 Å². The van der Waals surface area contributed by atoms with Crippen LogP contribution in [0.2, 0.25) is 0 Å². The zero-order valence-electron chi connectivity index (χ0n) is 16.7. The van der Waals surface area contributed by atoms with Gasteiger partial charge in [-0.25, -0.2) is 0 Å². The lowest BCUT2D eigenvalue weighted by atomic mass is 10.1. The zero-order chi connectivity index (χ0) is 20.5. The molecule has 0 unspecified atom stereocenters. The maximum atomic E-state index is 12.4. The molecule has 0 bridgehead atoms. The third kappa shape index (κ3) is 5.16. The fourth-order valence-electron chi connectivity index (χ4n) is 2.80. The maximum Gasteiger partial charge on any atom is 0.251 e. The van der Waals surface area contributed by atoms with Gasteiger partial charge in [-0.3, -0.25) is 9.59 Å². The van der Waals surface area contributed by atoms with Crippen molar-refractivity contribution in [3.8, 4) is 17.2 Å². The summed E-state index contributed by atoms with van der Waals surface area (Å²) in [5.41, 5.74) is 1.36. The number of nitrogens with zero attached hydrogens (tertiary/aromatic N) is 1. The molecule has 0 aliphatic carbocycles. The minimum atomic E-state index is -0.197. The molecule has 0 saturated heterocycles. The van der Waals surface area contributed by atoms with Gasteiger partial charge in [0.2, 0.25) is 11.7 Å². The predicted octanol–water partition coefficient (Wildman–Crippen LogP) is 2.49. The molecule has 0 fully saturated rings. The Balaban J connectivity index is 1.94. The van der Waals surface area contributed by atoms with E-state index in [2.05, 4.69) is 5.32 Å². The van der Waals surface area contributed by atoms with Crippen molar-refractivity contribution < 1.29 is 23.8 Å². The van der Waals surface area contributed by atoms with Crippen molar-refractivity contribution in [2.45, 2.75) is 13.0 Å². The van der Waals surface area contributed by atoms with E-state index in [-0.39, 0.29) is 24.8 Å². The van der Waals surface area contributed by atoms with Crippen LogP contribution < -0.4 is 19.5 Å². The molecule has 2 amide bonds. The second-order valence-corrected chi connectivity index (χ2v) is 6.12. The Bertz CT molecular complexity index is 808. The van der Waals surface area contributed by atoms with Crippen LogP contribution in [-0.4, -0.2) is 51.6 Å². The van der Waals surface area contributed by atoms with E-state index in [1.54, 1.807) is 56.5 Å². The predicted molar refractivity (Wildman–Crippen MR) is 106 cm³/mol. The van der Waals surface area contributed by atoms with Crippen LogP contribution in [-0.2, 0) is 11.3 Å². The van der Waals surface area contributed by atoms with E-state index in [1.807, 2.05) is 12.1 Å². The van der Waals surface area contributed by atoms with Crippen molar-refractivity contribution in [1.82, 2.24) is 10.2 Å². The fourth-order valence-corrected chi connectivity index (χ4v) is 2.80. The molecule has 2 rings (SSSR count). The van der Waals surface area contributed by atoms with Gasteiger partial charge in [0.15, 0.2) is 11.5 Å². The lowest BCUT2D eigenvalue weighted by molar-refractivity contribution is -0.130. The van der Waals surface area contributed by atoms with Gasteiger partial charge >= 0.3 is 0 Å². The molecule has 0 aliphatic heterocycles. The molecular formula is C21H26N2O5. The van der Waals surface area contributed by atoms with Crippen LogP contribution in [0.1, 0.15) is 22.3 Å². The summed E-state index contributed by atoms with van der Waals surface area (Å²) in [4.78, 5) is 26.0. The van der Waals surface area contributed by atoms with Gasteiger partial charge in [0.1, 0.15) is 0 Å². The second kappa shape index (κ2) is 10.2. The number of carbonyl (C=O) groups is 2. The van der Waals surface area contributed by atoms with Gasteiger partial charge in [0.25, 0.3) is 5.91 Å².